The second-order valence-electron chi connectivity index (χ2n) is 4.16. The summed E-state index contributed by atoms with van der Waals surface area (Å²) in [5, 5.41) is -0.162. The minimum Gasteiger partial charge on any atom is -0.329 e. The summed E-state index contributed by atoms with van der Waals surface area (Å²) in [5.41, 5.74) is 0.650. The Balaban J connectivity index is 2.37. The molecule has 2 aromatic rings. The van der Waals surface area contributed by atoms with Gasteiger partial charge in [-0.1, -0.05) is 24.6 Å². The molecule has 2 rings (SSSR count). The molecule has 0 bridgehead atoms. The van der Waals surface area contributed by atoms with Gasteiger partial charge in [0.15, 0.2) is 5.03 Å². The molecule has 0 atom stereocenters. The highest BCUT2D eigenvalue weighted by Crippen LogP contribution is 2.19. The SMILES string of the molecule is CCc1nc(S(=O)(=O)Cl)cn1Cc1ccc(Cl)c(F)c1. The molecule has 20 heavy (non-hydrogen) atoms. The Morgan fingerprint density at radius 1 is 1.40 bits per heavy atom. The maximum Gasteiger partial charge on any atom is 0.280 e. The Hall–Kier alpha value is -1.11. The number of benzene rings is 1. The lowest BCUT2D eigenvalue weighted by Crippen LogP contribution is -2.03. The van der Waals surface area contributed by atoms with Gasteiger partial charge in [-0.3, -0.25) is 0 Å². The van der Waals surface area contributed by atoms with Crippen LogP contribution in [0.15, 0.2) is 29.4 Å². The topological polar surface area (TPSA) is 52.0 Å². The first-order valence-electron chi connectivity index (χ1n) is 5.76. The normalized spacial score (nSPS) is 11.8. The molecule has 0 spiro atoms. The van der Waals surface area contributed by atoms with Crippen molar-refractivity contribution in [2.75, 3.05) is 0 Å². The molecule has 1 aromatic carbocycles. The van der Waals surface area contributed by atoms with Crippen molar-refractivity contribution in [1.82, 2.24) is 9.55 Å². The van der Waals surface area contributed by atoms with Crippen LogP contribution >= 0.6 is 22.3 Å². The van der Waals surface area contributed by atoms with E-state index in [1.165, 1.54) is 18.3 Å². The van der Waals surface area contributed by atoms with Crippen molar-refractivity contribution in [2.45, 2.75) is 24.9 Å². The average Bonchev–Trinajstić information content (AvgIpc) is 2.77. The summed E-state index contributed by atoms with van der Waals surface area (Å²) in [6.07, 6.45) is 1.87. The van der Waals surface area contributed by atoms with Gasteiger partial charge in [-0.2, -0.15) is 0 Å². The third-order valence-electron chi connectivity index (χ3n) is 2.74. The molecule has 108 valence electrons. The zero-order valence-electron chi connectivity index (χ0n) is 10.5. The number of aryl methyl sites for hydroxylation is 1. The van der Waals surface area contributed by atoms with Crippen molar-refractivity contribution in [3.8, 4) is 0 Å². The van der Waals surface area contributed by atoms with Crippen LogP contribution in [0.1, 0.15) is 18.3 Å². The molecule has 0 saturated carbocycles. The molecule has 8 heteroatoms. The predicted molar refractivity (Wildman–Crippen MR) is 75.2 cm³/mol. The lowest BCUT2D eigenvalue weighted by atomic mass is 10.2. The quantitative estimate of drug-likeness (QED) is 0.805. The lowest BCUT2D eigenvalue weighted by Gasteiger charge is -2.06. The molecule has 0 fully saturated rings. The third-order valence-corrected chi connectivity index (χ3v) is 4.22. The highest BCUT2D eigenvalue weighted by molar-refractivity contribution is 8.13. The minimum absolute atomic E-state index is 0.0409. The van der Waals surface area contributed by atoms with Gasteiger partial charge in [0, 0.05) is 29.8 Å². The Labute approximate surface area is 125 Å². The monoisotopic (exact) mass is 336 g/mol. The molecular weight excluding hydrogens is 326 g/mol. The zero-order valence-corrected chi connectivity index (χ0v) is 12.8. The van der Waals surface area contributed by atoms with E-state index in [0.29, 0.717) is 17.8 Å². The maximum absolute atomic E-state index is 13.4. The fourth-order valence-corrected chi connectivity index (χ4v) is 2.61. The van der Waals surface area contributed by atoms with Crippen molar-refractivity contribution in [3.05, 3.63) is 46.6 Å². The summed E-state index contributed by atoms with van der Waals surface area (Å²) < 4.78 is 37.6. The van der Waals surface area contributed by atoms with E-state index in [0.717, 1.165) is 0 Å². The van der Waals surface area contributed by atoms with Gasteiger partial charge in [-0.15, -0.1) is 0 Å². The van der Waals surface area contributed by atoms with E-state index in [2.05, 4.69) is 4.98 Å². The third kappa shape index (κ3) is 3.31. The number of hydrogen-bond acceptors (Lipinski definition) is 3. The van der Waals surface area contributed by atoms with Gasteiger partial charge in [-0.25, -0.2) is 17.8 Å². The molecule has 0 N–H and O–H groups in total. The standard InChI is InChI=1S/C12H11Cl2FN2O2S/c1-2-11-16-12(20(14,18)19)7-17(11)6-8-3-4-9(13)10(15)5-8/h3-5,7H,2,6H2,1H3. The first-order chi connectivity index (χ1) is 9.31. The largest absolute Gasteiger partial charge is 0.329 e. The smallest absolute Gasteiger partial charge is 0.280 e. The van der Waals surface area contributed by atoms with Crippen molar-refractivity contribution >= 4 is 31.3 Å². The number of aromatic nitrogens is 2. The maximum atomic E-state index is 13.4. The van der Waals surface area contributed by atoms with Crippen molar-refractivity contribution in [3.63, 3.8) is 0 Å². The zero-order chi connectivity index (χ0) is 14.9. The van der Waals surface area contributed by atoms with Crippen LogP contribution in [0.5, 0.6) is 0 Å². The van der Waals surface area contributed by atoms with E-state index in [1.54, 1.807) is 10.6 Å². The minimum atomic E-state index is -3.88. The second-order valence-corrected chi connectivity index (χ2v) is 7.08. The van der Waals surface area contributed by atoms with E-state index in [9.17, 15) is 12.8 Å². The first-order valence-corrected chi connectivity index (χ1v) is 8.44. The Kier molecular flexibility index (Phi) is 4.36. The van der Waals surface area contributed by atoms with Crippen LogP contribution in [-0.4, -0.2) is 18.0 Å². The summed E-state index contributed by atoms with van der Waals surface area (Å²) in [5.74, 6) is 0.0344. The molecule has 0 radical (unpaired) electrons. The lowest BCUT2D eigenvalue weighted by molar-refractivity contribution is 0.606. The van der Waals surface area contributed by atoms with Crippen LogP contribution in [0.3, 0.4) is 0 Å². The van der Waals surface area contributed by atoms with Crippen LogP contribution in [0.25, 0.3) is 0 Å². The summed E-state index contributed by atoms with van der Waals surface area (Å²) in [6, 6.07) is 4.42. The van der Waals surface area contributed by atoms with Gasteiger partial charge < -0.3 is 4.57 Å². The molecule has 1 aromatic heterocycles. The predicted octanol–water partition coefficient (Wildman–Crippen LogP) is 3.21. The van der Waals surface area contributed by atoms with Crippen LogP contribution in [0.4, 0.5) is 4.39 Å². The summed E-state index contributed by atoms with van der Waals surface area (Å²) >= 11 is 5.62. The van der Waals surface area contributed by atoms with Crippen LogP contribution < -0.4 is 0 Å². The Morgan fingerprint density at radius 2 is 2.10 bits per heavy atom. The van der Waals surface area contributed by atoms with Gasteiger partial charge in [0.2, 0.25) is 0 Å². The second kappa shape index (κ2) is 5.71. The van der Waals surface area contributed by atoms with E-state index in [1.807, 2.05) is 6.92 Å². The van der Waals surface area contributed by atoms with E-state index in [4.69, 9.17) is 22.3 Å². The number of rotatable bonds is 4. The van der Waals surface area contributed by atoms with Gasteiger partial charge >= 0.3 is 0 Å². The molecule has 1 heterocycles. The Morgan fingerprint density at radius 3 is 2.65 bits per heavy atom. The molecular formula is C12H11Cl2FN2O2S. The molecule has 0 aliphatic heterocycles. The van der Waals surface area contributed by atoms with Gasteiger partial charge in [0.05, 0.1) is 5.02 Å². The van der Waals surface area contributed by atoms with Gasteiger partial charge in [0.25, 0.3) is 9.05 Å². The van der Waals surface area contributed by atoms with Gasteiger partial charge in [-0.05, 0) is 17.7 Å². The Bertz CT molecular complexity index is 744. The summed E-state index contributed by atoms with van der Waals surface area (Å²) in [6.45, 7) is 2.13. The van der Waals surface area contributed by atoms with Crippen LogP contribution in [0.2, 0.25) is 5.02 Å². The molecule has 4 nitrogen and oxygen atoms in total. The van der Waals surface area contributed by atoms with Crippen molar-refractivity contribution in [1.29, 1.82) is 0 Å². The number of nitrogens with zero attached hydrogens (tertiary/aromatic N) is 2. The molecule has 0 aliphatic rings. The first kappa shape index (κ1) is 15.3. The van der Waals surface area contributed by atoms with Crippen molar-refractivity contribution < 1.29 is 12.8 Å². The van der Waals surface area contributed by atoms with E-state index < -0.39 is 14.9 Å². The molecule has 0 amide bonds. The summed E-state index contributed by atoms with van der Waals surface area (Å²) in [7, 11) is 1.39. The number of halogens is 3. The fraction of sp³-hybridized carbons (Fsp3) is 0.250. The summed E-state index contributed by atoms with van der Waals surface area (Å²) in [4.78, 5) is 3.96. The van der Waals surface area contributed by atoms with Crippen molar-refractivity contribution in [2.24, 2.45) is 0 Å². The van der Waals surface area contributed by atoms with E-state index >= 15 is 0 Å². The van der Waals surface area contributed by atoms with Gasteiger partial charge in [0.1, 0.15) is 11.6 Å². The average molecular weight is 337 g/mol. The molecule has 0 aliphatic carbocycles. The van der Waals surface area contributed by atoms with E-state index in [-0.39, 0.29) is 16.6 Å². The molecule has 0 unspecified atom stereocenters. The fourth-order valence-electron chi connectivity index (χ4n) is 1.80. The highest BCUT2D eigenvalue weighted by Gasteiger charge is 2.17. The highest BCUT2D eigenvalue weighted by atomic mass is 35.7. The van der Waals surface area contributed by atoms with Crippen LogP contribution in [0, 0.1) is 5.82 Å². The number of hydrogen-bond donors (Lipinski definition) is 0. The number of imidazole rings is 1. The van der Waals surface area contributed by atoms with Crippen LogP contribution in [-0.2, 0) is 22.0 Å². The molecule has 0 saturated heterocycles.